The molecule has 0 aromatic heterocycles. The van der Waals surface area contributed by atoms with E-state index in [4.69, 9.17) is 0 Å². The number of ketones is 1. The molecule has 4 aliphatic rings. The molecule has 0 saturated heterocycles. The summed E-state index contributed by atoms with van der Waals surface area (Å²) in [5.74, 6) is 1.36. The van der Waals surface area contributed by atoms with Gasteiger partial charge in [0.2, 0.25) is 0 Å². The molecule has 0 radical (unpaired) electrons. The predicted octanol–water partition coefficient (Wildman–Crippen LogP) is 4.02. The van der Waals surface area contributed by atoms with Crippen molar-refractivity contribution in [3.05, 3.63) is 11.6 Å². The van der Waals surface area contributed by atoms with Crippen LogP contribution in [-0.4, -0.2) is 16.5 Å². The molecule has 2 nitrogen and oxygen atoms in total. The summed E-state index contributed by atoms with van der Waals surface area (Å²) in [4.78, 5) is 11.8. The molecule has 2 heteroatoms. The highest BCUT2D eigenvalue weighted by atomic mass is 16.3. The second-order valence-corrected chi connectivity index (χ2v) is 8.68. The van der Waals surface area contributed by atoms with Crippen LogP contribution in [0.5, 0.6) is 0 Å². The average Bonchev–Trinajstić information content (AvgIpc) is 2.75. The SMILES string of the molecule is C[C@@]12CCC[C@@]1(O)[C@@H]1CCC3=CC(=O)CC[C@]3(C)[C@@H]1CC2. The number of hydrogen-bond donors (Lipinski definition) is 1. The molecule has 4 aliphatic carbocycles. The van der Waals surface area contributed by atoms with Crippen LogP contribution in [0.15, 0.2) is 11.6 Å². The molecule has 4 rings (SSSR count). The molecular formula is C19H28O2. The molecule has 5 atom stereocenters. The first-order chi connectivity index (χ1) is 9.89. The second kappa shape index (κ2) is 4.22. The van der Waals surface area contributed by atoms with Crippen LogP contribution in [0.3, 0.4) is 0 Å². The molecule has 21 heavy (non-hydrogen) atoms. The monoisotopic (exact) mass is 288 g/mol. The standard InChI is InChI=1S/C19H28O2/c1-17-8-3-9-19(17,21)16-5-4-13-12-14(20)6-11-18(13,2)15(16)7-10-17/h12,15-16,21H,3-11H2,1-2H3/t15-,16-,17+,18+,19-/m1/s1. The maximum atomic E-state index is 11.8. The number of allylic oxidation sites excluding steroid dienone is 1. The quantitative estimate of drug-likeness (QED) is 0.731. The van der Waals surface area contributed by atoms with Gasteiger partial charge in [-0.15, -0.1) is 0 Å². The summed E-state index contributed by atoms with van der Waals surface area (Å²) in [5, 5.41) is 11.5. The van der Waals surface area contributed by atoms with Crippen LogP contribution >= 0.6 is 0 Å². The van der Waals surface area contributed by atoms with Crippen molar-refractivity contribution in [3.8, 4) is 0 Å². The minimum atomic E-state index is -0.439. The topological polar surface area (TPSA) is 37.3 Å². The van der Waals surface area contributed by atoms with Crippen LogP contribution in [0.1, 0.15) is 71.6 Å². The van der Waals surface area contributed by atoms with Gasteiger partial charge in [0.05, 0.1) is 5.60 Å². The summed E-state index contributed by atoms with van der Waals surface area (Å²) in [6.45, 7) is 4.71. The average molecular weight is 288 g/mol. The highest BCUT2D eigenvalue weighted by Gasteiger charge is 2.63. The molecule has 0 aromatic carbocycles. The lowest BCUT2D eigenvalue weighted by molar-refractivity contribution is -0.173. The number of aliphatic hydroxyl groups is 1. The van der Waals surface area contributed by atoms with Gasteiger partial charge in [0, 0.05) is 6.42 Å². The molecule has 3 fully saturated rings. The minimum absolute atomic E-state index is 0.149. The normalized spacial score (nSPS) is 52.7. The van der Waals surface area contributed by atoms with Gasteiger partial charge >= 0.3 is 0 Å². The maximum absolute atomic E-state index is 11.8. The number of hydrogen-bond acceptors (Lipinski definition) is 2. The van der Waals surface area contributed by atoms with Gasteiger partial charge < -0.3 is 5.11 Å². The molecule has 0 heterocycles. The summed E-state index contributed by atoms with van der Waals surface area (Å²) < 4.78 is 0. The van der Waals surface area contributed by atoms with Crippen LogP contribution < -0.4 is 0 Å². The molecule has 0 aliphatic heterocycles. The molecule has 116 valence electrons. The van der Waals surface area contributed by atoms with E-state index in [0.29, 0.717) is 24.0 Å². The number of rotatable bonds is 0. The fourth-order valence-corrected chi connectivity index (χ4v) is 6.52. The fraction of sp³-hybridized carbons (Fsp3) is 0.842. The smallest absolute Gasteiger partial charge is 0.155 e. The van der Waals surface area contributed by atoms with Gasteiger partial charge in [0.15, 0.2) is 5.78 Å². The molecule has 0 bridgehead atoms. The largest absolute Gasteiger partial charge is 0.389 e. The Labute approximate surface area is 128 Å². The van der Waals surface area contributed by atoms with Crippen molar-refractivity contribution in [1.29, 1.82) is 0 Å². The molecule has 0 unspecified atom stereocenters. The minimum Gasteiger partial charge on any atom is -0.389 e. The molecule has 3 saturated carbocycles. The Morgan fingerprint density at radius 2 is 1.86 bits per heavy atom. The Bertz CT molecular complexity index is 522. The van der Waals surface area contributed by atoms with E-state index in [9.17, 15) is 9.90 Å². The predicted molar refractivity (Wildman–Crippen MR) is 82.8 cm³/mol. The third kappa shape index (κ3) is 1.66. The van der Waals surface area contributed by atoms with E-state index in [1.807, 2.05) is 6.08 Å². The zero-order valence-corrected chi connectivity index (χ0v) is 13.5. The fourth-order valence-electron chi connectivity index (χ4n) is 6.52. The van der Waals surface area contributed by atoms with Gasteiger partial charge in [-0.05, 0) is 80.1 Å². The number of carbonyl (C=O) groups excluding carboxylic acids is 1. The lowest BCUT2D eigenvalue weighted by Crippen LogP contribution is -2.59. The summed E-state index contributed by atoms with van der Waals surface area (Å²) in [7, 11) is 0. The van der Waals surface area contributed by atoms with E-state index in [0.717, 1.165) is 25.7 Å². The van der Waals surface area contributed by atoms with E-state index in [2.05, 4.69) is 13.8 Å². The number of fused-ring (bicyclic) bond motifs is 5. The molecule has 0 amide bonds. The molecular weight excluding hydrogens is 260 g/mol. The Kier molecular flexibility index (Phi) is 2.81. The van der Waals surface area contributed by atoms with Crippen LogP contribution in [0.2, 0.25) is 0 Å². The van der Waals surface area contributed by atoms with Crippen molar-refractivity contribution in [2.24, 2.45) is 22.7 Å². The molecule has 0 aromatic rings. The molecule has 1 N–H and O–H groups in total. The van der Waals surface area contributed by atoms with Crippen molar-refractivity contribution in [2.75, 3.05) is 0 Å². The van der Waals surface area contributed by atoms with Crippen LogP contribution in [-0.2, 0) is 4.79 Å². The van der Waals surface area contributed by atoms with Crippen LogP contribution in [0.4, 0.5) is 0 Å². The highest BCUT2D eigenvalue weighted by molar-refractivity contribution is 5.91. The van der Waals surface area contributed by atoms with Gasteiger partial charge in [-0.25, -0.2) is 0 Å². The van der Waals surface area contributed by atoms with Crippen molar-refractivity contribution < 1.29 is 9.90 Å². The third-order valence-corrected chi connectivity index (χ3v) is 7.94. The van der Waals surface area contributed by atoms with Crippen molar-refractivity contribution in [1.82, 2.24) is 0 Å². The third-order valence-electron chi connectivity index (χ3n) is 7.94. The van der Waals surface area contributed by atoms with Gasteiger partial charge in [0.1, 0.15) is 0 Å². The summed E-state index contributed by atoms with van der Waals surface area (Å²) in [6, 6.07) is 0. The van der Waals surface area contributed by atoms with E-state index in [-0.39, 0.29) is 10.8 Å². The van der Waals surface area contributed by atoms with Gasteiger partial charge in [-0.1, -0.05) is 19.4 Å². The van der Waals surface area contributed by atoms with E-state index >= 15 is 0 Å². The summed E-state index contributed by atoms with van der Waals surface area (Å²) in [5.41, 5.74) is 1.28. The first kappa shape index (κ1) is 14.0. The van der Waals surface area contributed by atoms with Gasteiger partial charge in [-0.3, -0.25) is 4.79 Å². The Hall–Kier alpha value is -0.630. The Morgan fingerprint density at radius 3 is 2.67 bits per heavy atom. The van der Waals surface area contributed by atoms with E-state index < -0.39 is 5.60 Å². The summed E-state index contributed by atoms with van der Waals surface area (Å²) >= 11 is 0. The van der Waals surface area contributed by atoms with Crippen molar-refractivity contribution in [2.45, 2.75) is 77.2 Å². The number of carbonyl (C=O) groups is 1. The van der Waals surface area contributed by atoms with Crippen LogP contribution in [0, 0.1) is 22.7 Å². The van der Waals surface area contributed by atoms with E-state index in [1.54, 1.807) is 0 Å². The Morgan fingerprint density at radius 1 is 1.05 bits per heavy atom. The summed E-state index contributed by atoms with van der Waals surface area (Å²) in [6.07, 6.45) is 11.6. The van der Waals surface area contributed by atoms with E-state index in [1.165, 1.54) is 31.3 Å². The van der Waals surface area contributed by atoms with Crippen LogP contribution in [0.25, 0.3) is 0 Å². The molecule has 0 spiro atoms. The van der Waals surface area contributed by atoms with Crippen molar-refractivity contribution in [3.63, 3.8) is 0 Å². The zero-order valence-electron chi connectivity index (χ0n) is 13.5. The van der Waals surface area contributed by atoms with Gasteiger partial charge in [-0.2, -0.15) is 0 Å². The lowest BCUT2D eigenvalue weighted by atomic mass is 9.46. The first-order valence-electron chi connectivity index (χ1n) is 8.85. The first-order valence-corrected chi connectivity index (χ1v) is 8.85. The zero-order chi connectivity index (χ0) is 14.9. The van der Waals surface area contributed by atoms with Crippen molar-refractivity contribution >= 4 is 5.78 Å². The second-order valence-electron chi connectivity index (χ2n) is 8.68. The Balaban J connectivity index is 1.74. The maximum Gasteiger partial charge on any atom is 0.155 e. The van der Waals surface area contributed by atoms with Gasteiger partial charge in [0.25, 0.3) is 0 Å². The highest BCUT2D eigenvalue weighted by Crippen LogP contribution is 2.66. The lowest BCUT2D eigenvalue weighted by Gasteiger charge is -2.60.